The second-order valence-electron chi connectivity index (χ2n) is 7.24. The molecule has 0 unspecified atom stereocenters. The van der Waals surface area contributed by atoms with Gasteiger partial charge in [0.1, 0.15) is 0 Å². The maximum Gasteiger partial charge on any atom is 0.239 e. The number of hydrogen-bond acceptors (Lipinski definition) is 5. The molecule has 1 aliphatic carbocycles. The van der Waals surface area contributed by atoms with Crippen LogP contribution >= 0.6 is 0 Å². The summed E-state index contributed by atoms with van der Waals surface area (Å²) >= 11 is 0. The Morgan fingerprint density at radius 1 is 1.22 bits per heavy atom. The average molecular weight is 377 g/mol. The summed E-state index contributed by atoms with van der Waals surface area (Å²) in [7, 11) is 1.60. The molecule has 0 spiro atoms. The summed E-state index contributed by atoms with van der Waals surface area (Å²) in [5.74, 6) is 0.740. The number of ether oxygens (including phenoxy) is 2. The van der Waals surface area contributed by atoms with Crippen LogP contribution < -0.4 is 25.8 Å². The molecular formula is C20H31N3O4. The highest BCUT2D eigenvalue weighted by molar-refractivity contribution is 5.87. The number of hydrogen-bond donors (Lipinski definition) is 3. The maximum atomic E-state index is 12.1. The Bertz CT molecular complexity index is 642. The molecule has 0 heterocycles. The number of nitrogens with one attached hydrogen (secondary N) is 2. The molecule has 1 aliphatic rings. The van der Waals surface area contributed by atoms with Crippen molar-refractivity contribution in [2.45, 2.75) is 58.2 Å². The van der Waals surface area contributed by atoms with E-state index in [0.29, 0.717) is 18.0 Å². The summed E-state index contributed by atoms with van der Waals surface area (Å²) in [6, 6.07) is 5.00. The van der Waals surface area contributed by atoms with Gasteiger partial charge in [-0.3, -0.25) is 9.59 Å². The van der Waals surface area contributed by atoms with E-state index in [2.05, 4.69) is 10.6 Å². The quantitative estimate of drug-likeness (QED) is 0.608. The van der Waals surface area contributed by atoms with Gasteiger partial charge in [0.15, 0.2) is 11.5 Å². The molecule has 2 amide bonds. The van der Waals surface area contributed by atoms with E-state index in [-0.39, 0.29) is 30.4 Å². The molecular weight excluding hydrogens is 346 g/mol. The van der Waals surface area contributed by atoms with Gasteiger partial charge in [0, 0.05) is 12.1 Å². The molecule has 1 fully saturated rings. The standard InChI is InChI=1S/C20H31N3O4/c1-13(2)18(21)20(25)23-12-17(24)22-11-14-7-6-10-16(26-3)19(14)27-15-8-4-5-9-15/h6-7,10,13,15,18H,4-5,8-9,11-12,21H2,1-3H3,(H,22,24)(H,23,25)/t18-/m0/s1. The number of methoxy groups -OCH3 is 1. The topological polar surface area (TPSA) is 103 Å². The zero-order valence-electron chi connectivity index (χ0n) is 16.4. The Morgan fingerprint density at radius 3 is 2.56 bits per heavy atom. The van der Waals surface area contributed by atoms with Gasteiger partial charge in [-0.25, -0.2) is 0 Å². The summed E-state index contributed by atoms with van der Waals surface area (Å²) < 4.78 is 11.6. The molecule has 1 atom stereocenters. The van der Waals surface area contributed by atoms with Crippen molar-refractivity contribution in [2.24, 2.45) is 11.7 Å². The van der Waals surface area contributed by atoms with Crippen LogP contribution in [0.4, 0.5) is 0 Å². The van der Waals surface area contributed by atoms with Crippen LogP contribution in [-0.2, 0) is 16.1 Å². The van der Waals surface area contributed by atoms with Crippen molar-refractivity contribution in [2.75, 3.05) is 13.7 Å². The van der Waals surface area contributed by atoms with Crippen LogP contribution in [0, 0.1) is 5.92 Å². The van der Waals surface area contributed by atoms with Gasteiger partial charge < -0.3 is 25.8 Å². The van der Waals surface area contributed by atoms with Gasteiger partial charge in [-0.1, -0.05) is 26.0 Å². The van der Waals surface area contributed by atoms with Crippen molar-refractivity contribution in [3.8, 4) is 11.5 Å². The van der Waals surface area contributed by atoms with Crippen LogP contribution in [0.3, 0.4) is 0 Å². The third-order valence-corrected chi connectivity index (χ3v) is 4.79. The lowest BCUT2D eigenvalue weighted by Gasteiger charge is -2.19. The Kier molecular flexibility index (Phi) is 7.91. The molecule has 1 aromatic carbocycles. The van der Waals surface area contributed by atoms with Crippen LogP contribution in [0.5, 0.6) is 11.5 Å². The first-order valence-electron chi connectivity index (χ1n) is 9.55. The molecule has 0 radical (unpaired) electrons. The van der Waals surface area contributed by atoms with Crippen molar-refractivity contribution in [1.29, 1.82) is 0 Å². The number of benzene rings is 1. The van der Waals surface area contributed by atoms with E-state index in [4.69, 9.17) is 15.2 Å². The highest BCUT2D eigenvalue weighted by atomic mass is 16.5. The third kappa shape index (κ3) is 6.13. The second-order valence-corrected chi connectivity index (χ2v) is 7.24. The molecule has 1 saturated carbocycles. The highest BCUT2D eigenvalue weighted by Crippen LogP contribution is 2.34. The molecule has 7 heteroatoms. The number of carbonyl (C=O) groups excluding carboxylic acids is 2. The lowest BCUT2D eigenvalue weighted by molar-refractivity contribution is -0.127. The van der Waals surface area contributed by atoms with Gasteiger partial charge in [-0.15, -0.1) is 0 Å². The summed E-state index contributed by atoms with van der Waals surface area (Å²) in [5.41, 5.74) is 6.61. The minimum Gasteiger partial charge on any atom is -0.493 e. The van der Waals surface area contributed by atoms with Gasteiger partial charge >= 0.3 is 0 Å². The van der Waals surface area contributed by atoms with Gasteiger partial charge in [0.2, 0.25) is 11.8 Å². The molecule has 0 aromatic heterocycles. The van der Waals surface area contributed by atoms with Crippen LogP contribution in [0.1, 0.15) is 45.1 Å². The van der Waals surface area contributed by atoms with E-state index in [0.717, 1.165) is 18.4 Å². The van der Waals surface area contributed by atoms with Crippen molar-refractivity contribution >= 4 is 11.8 Å². The lowest BCUT2D eigenvalue weighted by atomic mass is 10.1. The molecule has 0 aliphatic heterocycles. The Balaban J connectivity index is 1.92. The fraction of sp³-hybridized carbons (Fsp3) is 0.600. The van der Waals surface area contributed by atoms with E-state index < -0.39 is 6.04 Å². The monoisotopic (exact) mass is 377 g/mol. The maximum absolute atomic E-state index is 12.1. The summed E-state index contributed by atoms with van der Waals surface area (Å²) in [5, 5.41) is 5.37. The molecule has 0 bridgehead atoms. The first-order valence-corrected chi connectivity index (χ1v) is 9.55. The van der Waals surface area contributed by atoms with Gasteiger partial charge in [0.05, 0.1) is 25.8 Å². The van der Waals surface area contributed by atoms with Crippen LogP contribution in [0.15, 0.2) is 18.2 Å². The zero-order valence-corrected chi connectivity index (χ0v) is 16.4. The normalized spacial score (nSPS) is 15.4. The van der Waals surface area contributed by atoms with Crippen LogP contribution in [0.25, 0.3) is 0 Å². The SMILES string of the molecule is COc1cccc(CNC(=O)CNC(=O)[C@@H](N)C(C)C)c1OC1CCCC1. The minimum absolute atomic E-state index is 0.0140. The van der Waals surface area contributed by atoms with E-state index in [1.807, 2.05) is 32.0 Å². The molecule has 2 rings (SSSR count). The Hall–Kier alpha value is -2.28. The predicted octanol–water partition coefficient (Wildman–Crippen LogP) is 1.73. The number of nitrogens with two attached hydrogens (primary N) is 1. The van der Waals surface area contributed by atoms with Crippen molar-refractivity contribution < 1.29 is 19.1 Å². The molecule has 4 N–H and O–H groups in total. The smallest absolute Gasteiger partial charge is 0.239 e. The number of carbonyl (C=O) groups is 2. The van der Waals surface area contributed by atoms with Crippen molar-refractivity contribution in [3.63, 3.8) is 0 Å². The first-order chi connectivity index (χ1) is 12.9. The van der Waals surface area contributed by atoms with E-state index >= 15 is 0 Å². The van der Waals surface area contributed by atoms with Gasteiger partial charge in [-0.2, -0.15) is 0 Å². The van der Waals surface area contributed by atoms with Crippen molar-refractivity contribution in [1.82, 2.24) is 10.6 Å². The molecule has 7 nitrogen and oxygen atoms in total. The lowest BCUT2D eigenvalue weighted by Crippen LogP contribution is -2.47. The largest absolute Gasteiger partial charge is 0.493 e. The van der Waals surface area contributed by atoms with Crippen LogP contribution in [-0.4, -0.2) is 37.6 Å². The summed E-state index contributed by atoms with van der Waals surface area (Å²) in [6.07, 6.45) is 4.60. The molecule has 150 valence electrons. The highest BCUT2D eigenvalue weighted by Gasteiger charge is 2.21. The van der Waals surface area contributed by atoms with Crippen molar-refractivity contribution in [3.05, 3.63) is 23.8 Å². The van der Waals surface area contributed by atoms with E-state index in [1.54, 1.807) is 7.11 Å². The molecule has 0 saturated heterocycles. The second kappa shape index (κ2) is 10.2. The fourth-order valence-electron chi connectivity index (χ4n) is 3.01. The minimum atomic E-state index is -0.623. The Labute approximate surface area is 161 Å². The first kappa shape index (κ1) is 21.0. The summed E-state index contributed by atoms with van der Waals surface area (Å²) in [6.45, 7) is 3.91. The van der Waals surface area contributed by atoms with Gasteiger partial charge in [0.25, 0.3) is 0 Å². The number of para-hydroxylation sites is 1. The molecule has 1 aromatic rings. The average Bonchev–Trinajstić information content (AvgIpc) is 3.17. The third-order valence-electron chi connectivity index (χ3n) is 4.79. The summed E-state index contributed by atoms with van der Waals surface area (Å²) in [4.78, 5) is 23.9. The van der Waals surface area contributed by atoms with Gasteiger partial charge in [-0.05, 0) is 37.7 Å². The Morgan fingerprint density at radius 2 is 1.93 bits per heavy atom. The number of amides is 2. The number of rotatable bonds is 9. The van der Waals surface area contributed by atoms with E-state index in [1.165, 1.54) is 12.8 Å². The zero-order chi connectivity index (χ0) is 19.8. The predicted molar refractivity (Wildman–Crippen MR) is 104 cm³/mol. The van der Waals surface area contributed by atoms with Crippen LogP contribution in [0.2, 0.25) is 0 Å². The fourth-order valence-corrected chi connectivity index (χ4v) is 3.01. The molecule has 27 heavy (non-hydrogen) atoms. The van der Waals surface area contributed by atoms with E-state index in [9.17, 15) is 9.59 Å².